The van der Waals surface area contributed by atoms with Crippen LogP contribution in [0.4, 0.5) is 0 Å². The van der Waals surface area contributed by atoms with E-state index in [1.165, 1.54) is 37.0 Å². The number of carbonyl (C=O) groups is 2. The number of likely N-dealkylation sites (N-methyl/N-ethyl adjacent to an activating group) is 1. The molecule has 0 aromatic carbocycles. The van der Waals surface area contributed by atoms with Gasteiger partial charge in [-0.15, -0.1) is 0 Å². The predicted molar refractivity (Wildman–Crippen MR) is 120 cm³/mol. The molecule has 0 spiro atoms. The minimum absolute atomic E-state index is 0.0263. The van der Waals surface area contributed by atoms with Gasteiger partial charge < -0.3 is 10.6 Å². The molecule has 1 aromatic heterocycles. The van der Waals surface area contributed by atoms with Gasteiger partial charge in [0.25, 0.3) is 11.8 Å². The van der Waals surface area contributed by atoms with E-state index in [1.54, 1.807) is 31.6 Å². The Morgan fingerprint density at radius 1 is 1.13 bits per heavy atom. The number of rotatable bonds is 6. The molecule has 4 rings (SSSR count). The van der Waals surface area contributed by atoms with Gasteiger partial charge >= 0.3 is 0 Å². The van der Waals surface area contributed by atoms with E-state index in [-0.39, 0.29) is 17.7 Å². The molecular formula is C24H35N5O2. The van der Waals surface area contributed by atoms with Crippen molar-refractivity contribution in [1.82, 2.24) is 14.8 Å². The summed E-state index contributed by atoms with van der Waals surface area (Å²) in [7, 11) is 1.73. The van der Waals surface area contributed by atoms with E-state index in [4.69, 9.17) is 10.7 Å². The smallest absolute Gasteiger partial charge is 0.257 e. The van der Waals surface area contributed by atoms with Gasteiger partial charge in [-0.2, -0.15) is 0 Å². The summed E-state index contributed by atoms with van der Waals surface area (Å²) < 4.78 is 0. The molecule has 1 aliphatic carbocycles. The summed E-state index contributed by atoms with van der Waals surface area (Å²) in [4.78, 5) is 38.4. The first-order chi connectivity index (χ1) is 15.0. The van der Waals surface area contributed by atoms with Crippen molar-refractivity contribution < 1.29 is 9.59 Å². The van der Waals surface area contributed by atoms with Gasteiger partial charge in [-0.3, -0.25) is 19.5 Å². The molecular weight excluding hydrogens is 390 g/mol. The molecule has 2 N–H and O–H groups in total. The Bertz CT molecular complexity index is 821. The molecule has 168 valence electrons. The Morgan fingerprint density at radius 2 is 1.84 bits per heavy atom. The molecule has 2 atom stereocenters. The number of aromatic nitrogens is 1. The fourth-order valence-electron chi connectivity index (χ4n) is 5.65. The normalized spacial score (nSPS) is 27.5. The van der Waals surface area contributed by atoms with Crippen molar-refractivity contribution >= 4 is 17.8 Å². The van der Waals surface area contributed by atoms with Crippen LogP contribution in [0, 0.1) is 11.8 Å². The molecule has 2 amide bonds. The van der Waals surface area contributed by atoms with Gasteiger partial charge in [0.15, 0.2) is 5.96 Å². The van der Waals surface area contributed by atoms with E-state index in [9.17, 15) is 9.59 Å². The van der Waals surface area contributed by atoms with Crippen LogP contribution in [-0.4, -0.2) is 58.2 Å². The first-order valence-electron chi connectivity index (χ1n) is 11.8. The van der Waals surface area contributed by atoms with Gasteiger partial charge in [0, 0.05) is 38.1 Å². The molecule has 1 aromatic rings. The van der Waals surface area contributed by atoms with E-state index in [2.05, 4.69) is 4.98 Å². The highest BCUT2D eigenvalue weighted by atomic mass is 16.2. The third-order valence-electron chi connectivity index (χ3n) is 7.43. The van der Waals surface area contributed by atoms with Crippen LogP contribution >= 0.6 is 0 Å². The van der Waals surface area contributed by atoms with E-state index < -0.39 is 5.54 Å². The lowest BCUT2D eigenvalue weighted by molar-refractivity contribution is -0.131. The summed E-state index contributed by atoms with van der Waals surface area (Å²) >= 11 is 0. The number of guanidine groups is 1. The van der Waals surface area contributed by atoms with Crippen LogP contribution in [0.15, 0.2) is 29.5 Å². The summed E-state index contributed by atoms with van der Waals surface area (Å²) in [6.45, 7) is 1.42. The lowest BCUT2D eigenvalue weighted by Gasteiger charge is -2.37. The summed E-state index contributed by atoms with van der Waals surface area (Å²) in [5.41, 5.74) is 6.00. The molecule has 3 heterocycles. The van der Waals surface area contributed by atoms with Crippen molar-refractivity contribution in [2.45, 2.75) is 69.7 Å². The second-order valence-electron chi connectivity index (χ2n) is 9.61. The van der Waals surface area contributed by atoms with Gasteiger partial charge in [-0.25, -0.2) is 4.99 Å². The number of nitrogens with zero attached hydrogens (tertiary/aromatic N) is 4. The largest absolute Gasteiger partial charge is 0.369 e. The molecule has 1 saturated heterocycles. The highest BCUT2D eigenvalue weighted by molar-refractivity contribution is 6.06. The zero-order chi connectivity index (χ0) is 21.8. The minimum atomic E-state index is -0.760. The van der Waals surface area contributed by atoms with E-state index in [0.29, 0.717) is 30.4 Å². The number of nitrogens with two attached hydrogens (primary N) is 1. The number of aliphatic imine (C=N–C) groups is 1. The van der Waals surface area contributed by atoms with Crippen LogP contribution in [0.3, 0.4) is 0 Å². The lowest BCUT2D eigenvalue weighted by atomic mass is 9.77. The molecule has 7 heteroatoms. The Balaban J connectivity index is 1.46. The molecule has 0 radical (unpaired) electrons. The number of pyridine rings is 1. The zero-order valence-corrected chi connectivity index (χ0v) is 18.6. The maximum Gasteiger partial charge on any atom is 0.257 e. The standard InChI is InChI=1S/C24H35N5O2/c1-28-22(31)24(27-23(28)25,12-9-18-6-3-2-4-7-18)16-19-8-5-15-29(17-19)21(30)20-10-13-26-14-11-20/h10-11,13-14,18-19H,2-9,12,15-17H2,1H3,(H2,25,27)/t19?,24-/m0/s1. The second kappa shape index (κ2) is 9.37. The summed E-state index contributed by atoms with van der Waals surface area (Å²) in [6, 6.07) is 3.52. The van der Waals surface area contributed by atoms with Crippen LogP contribution in [0.25, 0.3) is 0 Å². The van der Waals surface area contributed by atoms with E-state index in [1.807, 2.05) is 4.90 Å². The number of carbonyl (C=O) groups excluding carboxylic acids is 2. The highest BCUT2D eigenvalue weighted by Crippen LogP contribution is 2.39. The summed E-state index contributed by atoms with van der Waals surface area (Å²) in [5, 5.41) is 0. The minimum Gasteiger partial charge on any atom is -0.369 e. The predicted octanol–water partition coefficient (Wildman–Crippen LogP) is 3.21. The molecule has 7 nitrogen and oxygen atoms in total. The maximum atomic E-state index is 13.3. The molecule has 0 bridgehead atoms. The maximum absolute atomic E-state index is 13.3. The van der Waals surface area contributed by atoms with Crippen LogP contribution in [0.5, 0.6) is 0 Å². The van der Waals surface area contributed by atoms with E-state index >= 15 is 0 Å². The number of hydrogen-bond acceptors (Lipinski definition) is 5. The van der Waals surface area contributed by atoms with Crippen molar-refractivity contribution in [3.63, 3.8) is 0 Å². The van der Waals surface area contributed by atoms with Crippen molar-refractivity contribution in [3.05, 3.63) is 30.1 Å². The molecule has 3 aliphatic rings. The van der Waals surface area contributed by atoms with E-state index in [0.717, 1.165) is 32.2 Å². The fraction of sp³-hybridized carbons (Fsp3) is 0.667. The van der Waals surface area contributed by atoms with Gasteiger partial charge in [0.2, 0.25) is 0 Å². The Labute approximate surface area is 185 Å². The quantitative estimate of drug-likeness (QED) is 0.757. The van der Waals surface area contributed by atoms with Gasteiger partial charge in [0.1, 0.15) is 5.54 Å². The molecule has 31 heavy (non-hydrogen) atoms. The first kappa shape index (κ1) is 21.8. The Morgan fingerprint density at radius 3 is 2.52 bits per heavy atom. The van der Waals surface area contributed by atoms with Crippen molar-refractivity contribution in [3.8, 4) is 0 Å². The van der Waals surface area contributed by atoms with Crippen LogP contribution in [-0.2, 0) is 4.79 Å². The highest BCUT2D eigenvalue weighted by Gasteiger charge is 2.48. The Kier molecular flexibility index (Phi) is 6.58. The second-order valence-corrected chi connectivity index (χ2v) is 9.61. The van der Waals surface area contributed by atoms with Crippen LogP contribution in [0.2, 0.25) is 0 Å². The summed E-state index contributed by atoms with van der Waals surface area (Å²) in [6.07, 6.45) is 14.2. The third kappa shape index (κ3) is 4.75. The lowest BCUT2D eigenvalue weighted by Crippen LogP contribution is -2.47. The SMILES string of the molecule is CN1C(=O)[C@](CCC2CCCCC2)(CC2CCCN(C(=O)c3ccncc3)C2)N=C1N. The van der Waals surface area contributed by atoms with Crippen molar-refractivity contribution in [1.29, 1.82) is 0 Å². The topological polar surface area (TPSA) is 91.9 Å². The van der Waals surface area contributed by atoms with Crippen molar-refractivity contribution in [2.24, 2.45) is 22.6 Å². The molecule has 2 fully saturated rings. The van der Waals surface area contributed by atoms with Gasteiger partial charge in [-0.05, 0) is 56.1 Å². The fourth-order valence-corrected chi connectivity index (χ4v) is 5.65. The monoisotopic (exact) mass is 425 g/mol. The molecule has 2 aliphatic heterocycles. The average Bonchev–Trinajstić information content (AvgIpc) is 3.02. The van der Waals surface area contributed by atoms with Gasteiger partial charge in [0.05, 0.1) is 0 Å². The van der Waals surface area contributed by atoms with Crippen molar-refractivity contribution in [2.75, 3.05) is 20.1 Å². The Hall–Kier alpha value is -2.44. The van der Waals surface area contributed by atoms with Crippen LogP contribution < -0.4 is 5.73 Å². The van der Waals surface area contributed by atoms with Gasteiger partial charge in [-0.1, -0.05) is 32.1 Å². The number of hydrogen-bond donors (Lipinski definition) is 1. The van der Waals surface area contributed by atoms with Crippen LogP contribution in [0.1, 0.15) is 74.6 Å². The molecule has 1 saturated carbocycles. The summed E-state index contributed by atoms with van der Waals surface area (Å²) in [5.74, 6) is 1.34. The number of amides is 2. The third-order valence-corrected chi connectivity index (χ3v) is 7.43. The first-order valence-corrected chi connectivity index (χ1v) is 11.8. The zero-order valence-electron chi connectivity index (χ0n) is 18.6. The molecule has 1 unspecified atom stereocenters. The average molecular weight is 426 g/mol. The number of piperidine rings is 1. The number of likely N-dealkylation sites (tertiary alicyclic amines) is 1.